The predicted octanol–water partition coefficient (Wildman–Crippen LogP) is 4.35. The van der Waals surface area contributed by atoms with Crippen molar-refractivity contribution in [3.63, 3.8) is 0 Å². The summed E-state index contributed by atoms with van der Waals surface area (Å²) < 4.78 is 6.78. The van der Waals surface area contributed by atoms with Gasteiger partial charge in [-0.3, -0.25) is 0 Å². The third kappa shape index (κ3) is 3.12. The second-order valence-corrected chi connectivity index (χ2v) is 5.25. The maximum Gasteiger partial charge on any atom is 0.134 e. The van der Waals surface area contributed by atoms with Gasteiger partial charge >= 0.3 is 0 Å². The number of ether oxygens (including phenoxy) is 1. The van der Waals surface area contributed by atoms with Crippen LogP contribution in [0.25, 0.3) is 0 Å². The molecule has 0 saturated heterocycles. The fourth-order valence-electron chi connectivity index (χ4n) is 1.87. The van der Waals surface area contributed by atoms with Crippen molar-refractivity contribution in [3.05, 3.63) is 57.6 Å². The molecule has 3 heteroatoms. The molecule has 0 bridgehead atoms. The van der Waals surface area contributed by atoms with E-state index in [1.165, 1.54) is 0 Å². The van der Waals surface area contributed by atoms with E-state index in [0.717, 1.165) is 26.9 Å². The van der Waals surface area contributed by atoms with Crippen LogP contribution in [0.1, 0.15) is 16.7 Å². The van der Waals surface area contributed by atoms with Crippen LogP contribution in [-0.4, -0.2) is 5.11 Å². The van der Waals surface area contributed by atoms with Gasteiger partial charge in [0.2, 0.25) is 0 Å². The fraction of sp³-hybridized carbons (Fsp3) is 0.200. The van der Waals surface area contributed by atoms with Crippen LogP contribution in [0.3, 0.4) is 0 Å². The van der Waals surface area contributed by atoms with Crippen molar-refractivity contribution < 1.29 is 9.84 Å². The number of halogens is 1. The number of benzene rings is 2. The third-order valence-electron chi connectivity index (χ3n) is 2.62. The number of hydrogen-bond acceptors (Lipinski definition) is 2. The van der Waals surface area contributed by atoms with Crippen molar-refractivity contribution in [2.75, 3.05) is 0 Å². The number of rotatable bonds is 3. The molecule has 0 atom stereocenters. The van der Waals surface area contributed by atoms with Crippen molar-refractivity contribution in [1.82, 2.24) is 0 Å². The summed E-state index contributed by atoms with van der Waals surface area (Å²) in [5.41, 5.74) is 3.09. The SMILES string of the molecule is Cc1cc(C)cc(Oc2cc(Br)ccc2CO)c1. The quantitative estimate of drug-likeness (QED) is 0.913. The minimum atomic E-state index is -0.0343. The molecule has 94 valence electrons. The number of aliphatic hydroxyl groups excluding tert-OH is 1. The largest absolute Gasteiger partial charge is 0.457 e. The summed E-state index contributed by atoms with van der Waals surface area (Å²) in [7, 11) is 0. The lowest BCUT2D eigenvalue weighted by atomic mass is 10.1. The molecule has 0 aliphatic carbocycles. The van der Waals surface area contributed by atoms with Gasteiger partial charge < -0.3 is 9.84 Å². The van der Waals surface area contributed by atoms with E-state index in [4.69, 9.17) is 4.74 Å². The van der Waals surface area contributed by atoms with Crippen molar-refractivity contribution in [1.29, 1.82) is 0 Å². The van der Waals surface area contributed by atoms with Crippen LogP contribution in [0.4, 0.5) is 0 Å². The van der Waals surface area contributed by atoms with E-state index in [1.54, 1.807) is 0 Å². The maximum atomic E-state index is 9.30. The lowest BCUT2D eigenvalue weighted by Gasteiger charge is -2.11. The minimum absolute atomic E-state index is 0.0343. The summed E-state index contributed by atoms with van der Waals surface area (Å²) in [6.45, 7) is 4.04. The predicted molar refractivity (Wildman–Crippen MR) is 76.1 cm³/mol. The van der Waals surface area contributed by atoms with Crippen molar-refractivity contribution in [2.45, 2.75) is 20.5 Å². The van der Waals surface area contributed by atoms with Gasteiger partial charge in [-0.1, -0.05) is 28.1 Å². The normalized spacial score (nSPS) is 10.4. The molecule has 18 heavy (non-hydrogen) atoms. The van der Waals surface area contributed by atoms with E-state index >= 15 is 0 Å². The van der Waals surface area contributed by atoms with E-state index in [2.05, 4.69) is 22.0 Å². The van der Waals surface area contributed by atoms with E-state index in [1.807, 2.05) is 44.2 Å². The molecule has 0 radical (unpaired) electrons. The first-order chi connectivity index (χ1) is 8.58. The fourth-order valence-corrected chi connectivity index (χ4v) is 2.21. The highest BCUT2D eigenvalue weighted by Crippen LogP contribution is 2.29. The second-order valence-electron chi connectivity index (χ2n) is 4.34. The van der Waals surface area contributed by atoms with Crippen LogP contribution >= 0.6 is 15.9 Å². The summed E-state index contributed by atoms with van der Waals surface area (Å²) in [4.78, 5) is 0. The lowest BCUT2D eigenvalue weighted by Crippen LogP contribution is -1.92. The molecule has 2 rings (SSSR count). The monoisotopic (exact) mass is 306 g/mol. The zero-order valence-electron chi connectivity index (χ0n) is 10.4. The van der Waals surface area contributed by atoms with E-state index in [9.17, 15) is 5.11 Å². The molecule has 2 nitrogen and oxygen atoms in total. The second kappa shape index (κ2) is 5.55. The topological polar surface area (TPSA) is 29.5 Å². The molecule has 0 heterocycles. The molecule has 2 aromatic rings. The zero-order chi connectivity index (χ0) is 13.1. The smallest absolute Gasteiger partial charge is 0.134 e. The van der Waals surface area contributed by atoms with Gasteiger partial charge in [0.1, 0.15) is 11.5 Å². The van der Waals surface area contributed by atoms with Gasteiger partial charge in [-0.2, -0.15) is 0 Å². The Morgan fingerprint density at radius 1 is 1.06 bits per heavy atom. The van der Waals surface area contributed by atoms with Crippen LogP contribution in [-0.2, 0) is 6.61 Å². The Kier molecular flexibility index (Phi) is 4.04. The first-order valence-corrected chi connectivity index (χ1v) is 6.53. The highest BCUT2D eigenvalue weighted by Gasteiger charge is 2.06. The molecule has 0 saturated carbocycles. The molecule has 0 unspecified atom stereocenters. The van der Waals surface area contributed by atoms with Crippen molar-refractivity contribution >= 4 is 15.9 Å². The molecule has 0 spiro atoms. The van der Waals surface area contributed by atoms with Gasteiger partial charge in [0.25, 0.3) is 0 Å². The molecular formula is C15H15BrO2. The van der Waals surface area contributed by atoms with E-state index in [0.29, 0.717) is 5.75 Å². The van der Waals surface area contributed by atoms with Gasteiger partial charge in [0.15, 0.2) is 0 Å². The highest BCUT2D eigenvalue weighted by molar-refractivity contribution is 9.10. The van der Waals surface area contributed by atoms with Crippen molar-refractivity contribution in [3.8, 4) is 11.5 Å². The standard InChI is InChI=1S/C15H15BrO2/c1-10-5-11(2)7-14(6-10)18-15-8-13(16)4-3-12(15)9-17/h3-8,17H,9H2,1-2H3. The summed E-state index contributed by atoms with van der Waals surface area (Å²) in [5.74, 6) is 1.47. The molecule has 2 aromatic carbocycles. The number of aryl methyl sites for hydroxylation is 2. The first kappa shape index (κ1) is 13.1. The van der Waals surface area contributed by atoms with Crippen LogP contribution < -0.4 is 4.74 Å². The first-order valence-electron chi connectivity index (χ1n) is 5.74. The van der Waals surface area contributed by atoms with E-state index in [-0.39, 0.29) is 6.61 Å². The Morgan fingerprint density at radius 3 is 2.33 bits per heavy atom. The van der Waals surface area contributed by atoms with Gasteiger partial charge in [-0.25, -0.2) is 0 Å². The maximum absolute atomic E-state index is 9.30. The van der Waals surface area contributed by atoms with Crippen LogP contribution in [0.15, 0.2) is 40.9 Å². The zero-order valence-corrected chi connectivity index (χ0v) is 12.0. The average Bonchev–Trinajstić information content (AvgIpc) is 2.27. The Balaban J connectivity index is 2.35. The molecule has 0 aromatic heterocycles. The van der Waals surface area contributed by atoms with Crippen LogP contribution in [0, 0.1) is 13.8 Å². The van der Waals surface area contributed by atoms with Gasteiger partial charge in [0, 0.05) is 10.0 Å². The summed E-state index contributed by atoms with van der Waals surface area (Å²) in [6, 6.07) is 11.7. The number of hydrogen-bond donors (Lipinski definition) is 1. The molecule has 1 N–H and O–H groups in total. The summed E-state index contributed by atoms with van der Waals surface area (Å²) >= 11 is 3.41. The van der Waals surface area contributed by atoms with Gasteiger partial charge in [-0.05, 0) is 49.2 Å². The Bertz CT molecular complexity index is 544. The van der Waals surface area contributed by atoms with Gasteiger partial charge in [-0.15, -0.1) is 0 Å². The highest BCUT2D eigenvalue weighted by atomic mass is 79.9. The number of aliphatic hydroxyl groups is 1. The molecule has 0 fully saturated rings. The molecular weight excluding hydrogens is 292 g/mol. The van der Waals surface area contributed by atoms with E-state index < -0.39 is 0 Å². The molecule has 0 amide bonds. The molecule has 0 aliphatic heterocycles. The Hall–Kier alpha value is -1.32. The minimum Gasteiger partial charge on any atom is -0.457 e. The van der Waals surface area contributed by atoms with Gasteiger partial charge in [0.05, 0.1) is 6.61 Å². The van der Waals surface area contributed by atoms with Crippen LogP contribution in [0.2, 0.25) is 0 Å². The Labute approximate surface area is 115 Å². The third-order valence-corrected chi connectivity index (χ3v) is 3.12. The molecule has 0 aliphatic rings. The summed E-state index contributed by atoms with van der Waals surface area (Å²) in [5, 5.41) is 9.30. The lowest BCUT2D eigenvalue weighted by molar-refractivity contribution is 0.276. The van der Waals surface area contributed by atoms with Crippen LogP contribution in [0.5, 0.6) is 11.5 Å². The average molecular weight is 307 g/mol. The summed E-state index contributed by atoms with van der Waals surface area (Å²) in [6.07, 6.45) is 0. The Morgan fingerprint density at radius 2 is 1.72 bits per heavy atom. The van der Waals surface area contributed by atoms with Crippen molar-refractivity contribution in [2.24, 2.45) is 0 Å².